The van der Waals surface area contributed by atoms with Gasteiger partial charge in [0.15, 0.2) is 0 Å². The molecule has 2 aromatic rings. The van der Waals surface area contributed by atoms with Crippen LogP contribution in [0.1, 0.15) is 35.5 Å². The molecule has 7 nitrogen and oxygen atoms in total. The maximum absolute atomic E-state index is 12.5. The fraction of sp³-hybridized carbons (Fsp3) is 0.476. The maximum Gasteiger partial charge on any atom is 0.271 e. The number of aromatic nitrogens is 2. The van der Waals surface area contributed by atoms with Crippen LogP contribution in [0.4, 0.5) is 0 Å². The summed E-state index contributed by atoms with van der Waals surface area (Å²) in [5, 5.41) is 7.25. The predicted octanol–water partition coefficient (Wildman–Crippen LogP) is 1.67. The lowest BCUT2D eigenvalue weighted by Crippen LogP contribution is -2.62. The molecular formula is C21H29N5O2. The van der Waals surface area contributed by atoms with Crippen molar-refractivity contribution < 1.29 is 9.59 Å². The molecule has 150 valence electrons. The van der Waals surface area contributed by atoms with E-state index in [0.29, 0.717) is 25.3 Å². The number of nitrogens with one attached hydrogen (secondary N) is 1. The van der Waals surface area contributed by atoms with Crippen LogP contribution in [-0.2, 0) is 17.9 Å². The summed E-state index contributed by atoms with van der Waals surface area (Å²) < 4.78 is 1.73. The minimum Gasteiger partial charge on any atom is -0.349 e. The normalized spacial score (nSPS) is 20.4. The monoisotopic (exact) mass is 383 g/mol. The van der Waals surface area contributed by atoms with Crippen molar-refractivity contribution in [1.82, 2.24) is 24.9 Å². The second-order valence-electron chi connectivity index (χ2n) is 7.48. The van der Waals surface area contributed by atoms with Gasteiger partial charge in [-0.25, -0.2) is 0 Å². The quantitative estimate of drug-likeness (QED) is 0.824. The minimum atomic E-state index is -0.236. The third-order valence-corrected chi connectivity index (χ3v) is 5.33. The molecule has 2 amide bonds. The smallest absolute Gasteiger partial charge is 0.271 e. The van der Waals surface area contributed by atoms with Gasteiger partial charge in [-0.2, -0.15) is 5.10 Å². The van der Waals surface area contributed by atoms with Crippen molar-refractivity contribution in [3.63, 3.8) is 0 Å². The van der Waals surface area contributed by atoms with Crippen molar-refractivity contribution in [2.24, 2.45) is 0 Å². The van der Waals surface area contributed by atoms with Crippen LogP contribution < -0.4 is 5.32 Å². The first-order valence-corrected chi connectivity index (χ1v) is 9.77. The number of carbonyl (C=O) groups excluding carboxylic acids is 2. The molecule has 0 saturated carbocycles. The fourth-order valence-electron chi connectivity index (χ4n) is 3.72. The van der Waals surface area contributed by atoms with E-state index in [1.54, 1.807) is 21.8 Å². The first-order valence-electron chi connectivity index (χ1n) is 9.77. The molecule has 7 heteroatoms. The molecule has 1 saturated heterocycles. The number of likely N-dealkylation sites (N-methyl/N-ethyl adjacent to an activating group) is 1. The Hall–Kier alpha value is -2.67. The van der Waals surface area contributed by atoms with E-state index in [1.807, 2.05) is 27.0 Å². The number of benzene rings is 1. The average molecular weight is 383 g/mol. The third-order valence-electron chi connectivity index (χ3n) is 5.33. The van der Waals surface area contributed by atoms with Gasteiger partial charge >= 0.3 is 0 Å². The van der Waals surface area contributed by atoms with E-state index in [0.717, 1.165) is 6.54 Å². The summed E-state index contributed by atoms with van der Waals surface area (Å²) in [5.74, 6) is -0.0770. The van der Waals surface area contributed by atoms with Crippen LogP contribution in [0.25, 0.3) is 0 Å². The first-order chi connectivity index (χ1) is 13.4. The van der Waals surface area contributed by atoms with Crippen LogP contribution >= 0.6 is 0 Å². The molecule has 1 fully saturated rings. The highest BCUT2D eigenvalue weighted by molar-refractivity contribution is 5.92. The van der Waals surface area contributed by atoms with Gasteiger partial charge in [0.1, 0.15) is 5.69 Å². The molecule has 28 heavy (non-hydrogen) atoms. The van der Waals surface area contributed by atoms with Crippen LogP contribution in [0.15, 0.2) is 36.5 Å². The Bertz CT molecular complexity index is 847. The molecule has 1 aromatic heterocycles. The number of hydrogen-bond donors (Lipinski definition) is 1. The number of carbonyl (C=O) groups is 2. The van der Waals surface area contributed by atoms with Crippen LogP contribution in [0.5, 0.6) is 0 Å². The molecule has 2 heterocycles. The summed E-state index contributed by atoms with van der Waals surface area (Å²) in [4.78, 5) is 28.9. The fourth-order valence-corrected chi connectivity index (χ4v) is 3.72. The van der Waals surface area contributed by atoms with Gasteiger partial charge in [0.25, 0.3) is 5.91 Å². The van der Waals surface area contributed by atoms with Crippen LogP contribution in [-0.4, -0.2) is 63.6 Å². The van der Waals surface area contributed by atoms with Gasteiger partial charge in [0.2, 0.25) is 5.91 Å². The zero-order valence-corrected chi connectivity index (χ0v) is 17.1. The Kier molecular flexibility index (Phi) is 6.14. The van der Waals surface area contributed by atoms with Crippen molar-refractivity contribution in [1.29, 1.82) is 0 Å². The summed E-state index contributed by atoms with van der Waals surface area (Å²) in [7, 11) is 1.82. The van der Waals surface area contributed by atoms with Gasteiger partial charge in [-0.15, -0.1) is 0 Å². The molecule has 1 aliphatic heterocycles. The molecular weight excluding hydrogens is 354 g/mol. The summed E-state index contributed by atoms with van der Waals surface area (Å²) in [5.41, 5.74) is 2.78. The lowest BCUT2D eigenvalue weighted by Gasteiger charge is -2.44. The molecule has 0 radical (unpaired) electrons. The Morgan fingerprint density at radius 3 is 2.79 bits per heavy atom. The zero-order valence-electron chi connectivity index (χ0n) is 17.1. The molecule has 0 aliphatic carbocycles. The van der Waals surface area contributed by atoms with Gasteiger partial charge in [0, 0.05) is 45.5 Å². The van der Waals surface area contributed by atoms with Crippen molar-refractivity contribution in [2.75, 3.05) is 20.1 Å². The second-order valence-corrected chi connectivity index (χ2v) is 7.48. The Morgan fingerprint density at radius 2 is 2.11 bits per heavy atom. The highest BCUT2D eigenvalue weighted by Crippen LogP contribution is 2.20. The predicted molar refractivity (Wildman–Crippen MR) is 108 cm³/mol. The number of piperazine rings is 1. The minimum absolute atomic E-state index is 0.0374. The molecule has 1 N–H and O–H groups in total. The number of amides is 2. The summed E-state index contributed by atoms with van der Waals surface area (Å²) >= 11 is 0. The third kappa shape index (κ3) is 4.42. The standard InChI is InChI=1S/C21H29N5O2/c1-5-25-10-9-19(23-25)20(27)22-12-18-14-24(4)21(28)16(3)26(18)13-17-8-6-7-15(2)11-17/h6-11,16,18H,5,12-14H2,1-4H3,(H,22,27)/t16-,18+/m0/s1. The Morgan fingerprint density at radius 1 is 1.32 bits per heavy atom. The van der Waals surface area contributed by atoms with E-state index in [9.17, 15) is 9.59 Å². The number of nitrogens with zero attached hydrogens (tertiary/aromatic N) is 4. The second kappa shape index (κ2) is 8.56. The van der Waals surface area contributed by atoms with Crippen LogP contribution in [0, 0.1) is 6.92 Å². The highest BCUT2D eigenvalue weighted by Gasteiger charge is 2.36. The zero-order chi connectivity index (χ0) is 20.3. The van der Waals surface area contributed by atoms with Gasteiger partial charge in [0.05, 0.1) is 6.04 Å². The largest absolute Gasteiger partial charge is 0.349 e. The van der Waals surface area contributed by atoms with Crippen molar-refractivity contribution in [3.05, 3.63) is 53.3 Å². The number of hydrogen-bond acceptors (Lipinski definition) is 4. The highest BCUT2D eigenvalue weighted by atomic mass is 16.2. The van der Waals surface area contributed by atoms with Gasteiger partial charge in [-0.05, 0) is 32.4 Å². The molecule has 3 rings (SSSR count). The van der Waals surface area contributed by atoms with Gasteiger partial charge < -0.3 is 10.2 Å². The number of rotatable bonds is 6. The molecule has 0 bridgehead atoms. The van der Waals surface area contributed by atoms with E-state index in [2.05, 4.69) is 40.4 Å². The van der Waals surface area contributed by atoms with E-state index >= 15 is 0 Å². The van der Waals surface area contributed by atoms with Crippen molar-refractivity contribution in [3.8, 4) is 0 Å². The van der Waals surface area contributed by atoms with Gasteiger partial charge in [-0.3, -0.25) is 19.2 Å². The molecule has 1 aliphatic rings. The van der Waals surface area contributed by atoms with Crippen LogP contribution in [0.3, 0.4) is 0 Å². The Labute approximate surface area is 166 Å². The summed E-state index contributed by atoms with van der Waals surface area (Å²) in [6, 6.07) is 9.85. The lowest BCUT2D eigenvalue weighted by molar-refractivity contribution is -0.142. The summed E-state index contributed by atoms with van der Waals surface area (Å²) in [6.45, 7) is 8.43. The van der Waals surface area contributed by atoms with E-state index < -0.39 is 0 Å². The Balaban J connectivity index is 1.71. The molecule has 0 spiro atoms. The average Bonchev–Trinajstić information content (AvgIpc) is 3.16. The van der Waals surface area contributed by atoms with E-state index in [4.69, 9.17) is 0 Å². The molecule has 1 aromatic carbocycles. The van der Waals surface area contributed by atoms with Crippen molar-refractivity contribution >= 4 is 11.8 Å². The van der Waals surface area contributed by atoms with E-state index in [-0.39, 0.29) is 23.9 Å². The maximum atomic E-state index is 12.5. The number of aryl methyl sites for hydroxylation is 2. The molecule has 0 unspecified atom stereocenters. The SMILES string of the molecule is CCn1ccc(C(=O)NC[C@@H]2CN(C)C(=O)[C@H](C)N2Cc2cccc(C)c2)n1. The summed E-state index contributed by atoms with van der Waals surface area (Å²) in [6.07, 6.45) is 1.80. The molecule has 2 atom stereocenters. The van der Waals surface area contributed by atoms with Gasteiger partial charge in [-0.1, -0.05) is 29.8 Å². The topological polar surface area (TPSA) is 70.5 Å². The first kappa shape index (κ1) is 20.1. The van der Waals surface area contributed by atoms with E-state index in [1.165, 1.54) is 11.1 Å². The van der Waals surface area contributed by atoms with Crippen molar-refractivity contribution in [2.45, 2.75) is 45.9 Å². The lowest BCUT2D eigenvalue weighted by atomic mass is 10.0. The van der Waals surface area contributed by atoms with Crippen LogP contribution in [0.2, 0.25) is 0 Å².